The molecule has 0 radical (unpaired) electrons. The molecule has 0 aromatic heterocycles. The molecule has 0 saturated heterocycles. The molecular formula is C19H41N. The zero-order chi connectivity index (χ0) is 15.3. The normalized spacial score (nSPS) is 13.7. The first-order valence-electron chi connectivity index (χ1n) is 9.30. The van der Waals surface area contributed by atoms with Gasteiger partial charge >= 0.3 is 0 Å². The molecule has 1 nitrogen and oxygen atoms in total. The third-order valence-electron chi connectivity index (χ3n) is 5.03. The molecule has 0 aliphatic rings. The van der Waals surface area contributed by atoms with Crippen LogP contribution in [-0.2, 0) is 0 Å². The second-order valence-corrected chi connectivity index (χ2v) is 7.27. The number of hydrogen-bond acceptors (Lipinski definition) is 1. The molecule has 0 heterocycles. The average molecular weight is 284 g/mol. The molecule has 0 spiro atoms. The van der Waals surface area contributed by atoms with Crippen LogP contribution in [0.3, 0.4) is 0 Å². The number of hydrogen-bond donors (Lipinski definition) is 1. The van der Waals surface area contributed by atoms with Gasteiger partial charge < -0.3 is 5.73 Å². The largest absolute Gasteiger partial charge is 0.327 e. The molecule has 0 saturated carbocycles. The summed E-state index contributed by atoms with van der Waals surface area (Å²) in [6, 6.07) is 0.381. The van der Waals surface area contributed by atoms with E-state index in [4.69, 9.17) is 5.73 Å². The van der Waals surface area contributed by atoms with Gasteiger partial charge in [0.05, 0.1) is 0 Å². The molecule has 20 heavy (non-hydrogen) atoms. The Hall–Kier alpha value is -0.0400. The van der Waals surface area contributed by atoms with Crippen molar-refractivity contribution in [3.05, 3.63) is 0 Å². The fourth-order valence-corrected chi connectivity index (χ4v) is 2.68. The van der Waals surface area contributed by atoms with Gasteiger partial charge in [0, 0.05) is 6.04 Å². The van der Waals surface area contributed by atoms with E-state index in [9.17, 15) is 0 Å². The van der Waals surface area contributed by atoms with Crippen LogP contribution in [0.4, 0.5) is 0 Å². The van der Waals surface area contributed by atoms with Crippen molar-refractivity contribution in [2.45, 2.75) is 117 Å². The third kappa shape index (κ3) is 10.7. The number of unbranched alkanes of at least 4 members (excludes halogenated alkanes) is 10. The summed E-state index contributed by atoms with van der Waals surface area (Å²) in [5, 5.41) is 0. The maximum atomic E-state index is 6.28. The molecule has 122 valence electrons. The van der Waals surface area contributed by atoms with E-state index < -0.39 is 0 Å². The molecule has 2 N–H and O–H groups in total. The molecule has 0 aromatic carbocycles. The van der Waals surface area contributed by atoms with E-state index in [0.29, 0.717) is 11.5 Å². The van der Waals surface area contributed by atoms with Crippen molar-refractivity contribution in [3.8, 4) is 0 Å². The van der Waals surface area contributed by atoms with Crippen LogP contribution >= 0.6 is 0 Å². The second-order valence-electron chi connectivity index (χ2n) is 7.27. The van der Waals surface area contributed by atoms with Gasteiger partial charge in [0.25, 0.3) is 0 Å². The van der Waals surface area contributed by atoms with Crippen LogP contribution in [0.5, 0.6) is 0 Å². The van der Waals surface area contributed by atoms with E-state index in [1.807, 2.05) is 0 Å². The summed E-state index contributed by atoms with van der Waals surface area (Å²) in [4.78, 5) is 0. The van der Waals surface area contributed by atoms with Gasteiger partial charge in [0.1, 0.15) is 0 Å². The standard InChI is InChI=1S/C19H41N/c1-5-7-8-9-10-11-12-13-14-15-16-17-18(20)19(3,4)6-2/h18H,5-17,20H2,1-4H3. The first-order valence-corrected chi connectivity index (χ1v) is 9.30. The Morgan fingerprint density at radius 2 is 1.10 bits per heavy atom. The van der Waals surface area contributed by atoms with Crippen LogP contribution in [0.15, 0.2) is 0 Å². The predicted octanol–water partition coefficient (Wildman–Crippen LogP) is 6.45. The van der Waals surface area contributed by atoms with E-state index in [2.05, 4.69) is 27.7 Å². The topological polar surface area (TPSA) is 26.0 Å². The molecular weight excluding hydrogens is 242 g/mol. The van der Waals surface area contributed by atoms with Gasteiger partial charge in [-0.3, -0.25) is 0 Å². The quantitative estimate of drug-likeness (QED) is 0.364. The van der Waals surface area contributed by atoms with Gasteiger partial charge in [0.2, 0.25) is 0 Å². The molecule has 1 unspecified atom stereocenters. The summed E-state index contributed by atoms with van der Waals surface area (Å²) in [6.07, 6.45) is 18.0. The van der Waals surface area contributed by atoms with Crippen LogP contribution in [0.25, 0.3) is 0 Å². The van der Waals surface area contributed by atoms with Crippen molar-refractivity contribution in [1.82, 2.24) is 0 Å². The van der Waals surface area contributed by atoms with Gasteiger partial charge in [-0.1, -0.05) is 98.3 Å². The van der Waals surface area contributed by atoms with E-state index in [-0.39, 0.29) is 0 Å². The first-order chi connectivity index (χ1) is 9.54. The summed E-state index contributed by atoms with van der Waals surface area (Å²) in [5.41, 5.74) is 6.60. The fourth-order valence-electron chi connectivity index (χ4n) is 2.68. The zero-order valence-electron chi connectivity index (χ0n) is 14.8. The molecule has 0 rings (SSSR count). The molecule has 0 bridgehead atoms. The van der Waals surface area contributed by atoms with Gasteiger partial charge in [-0.25, -0.2) is 0 Å². The smallest absolute Gasteiger partial charge is 0.00901 e. The zero-order valence-corrected chi connectivity index (χ0v) is 14.8. The molecule has 1 heteroatoms. The van der Waals surface area contributed by atoms with Crippen molar-refractivity contribution in [2.24, 2.45) is 11.1 Å². The van der Waals surface area contributed by atoms with Crippen molar-refractivity contribution in [2.75, 3.05) is 0 Å². The van der Waals surface area contributed by atoms with Crippen molar-refractivity contribution < 1.29 is 0 Å². The van der Waals surface area contributed by atoms with E-state index in [1.165, 1.54) is 83.5 Å². The minimum atomic E-state index is 0.318. The van der Waals surface area contributed by atoms with Crippen LogP contribution < -0.4 is 5.73 Å². The molecule has 1 atom stereocenters. The van der Waals surface area contributed by atoms with Crippen LogP contribution in [0, 0.1) is 5.41 Å². The summed E-state index contributed by atoms with van der Waals surface area (Å²) in [5.74, 6) is 0. The third-order valence-corrected chi connectivity index (χ3v) is 5.03. The maximum absolute atomic E-state index is 6.28. The SMILES string of the molecule is CCCCCCCCCCCCCC(N)C(C)(C)CC. The Morgan fingerprint density at radius 3 is 1.50 bits per heavy atom. The minimum absolute atomic E-state index is 0.318. The lowest BCUT2D eigenvalue weighted by Crippen LogP contribution is -2.36. The fraction of sp³-hybridized carbons (Fsp3) is 1.00. The highest BCUT2D eigenvalue weighted by Crippen LogP contribution is 2.26. The lowest BCUT2D eigenvalue weighted by molar-refractivity contribution is 0.257. The highest BCUT2D eigenvalue weighted by molar-refractivity contribution is 4.79. The molecule has 0 fully saturated rings. The van der Waals surface area contributed by atoms with Gasteiger partial charge in [0.15, 0.2) is 0 Å². The predicted molar refractivity (Wildman–Crippen MR) is 93.1 cm³/mol. The highest BCUT2D eigenvalue weighted by atomic mass is 14.7. The summed E-state index contributed by atoms with van der Waals surface area (Å²) in [7, 11) is 0. The van der Waals surface area contributed by atoms with Gasteiger partial charge in [-0.15, -0.1) is 0 Å². The summed E-state index contributed by atoms with van der Waals surface area (Å²) >= 11 is 0. The van der Waals surface area contributed by atoms with Gasteiger partial charge in [-0.05, 0) is 18.3 Å². The van der Waals surface area contributed by atoms with E-state index >= 15 is 0 Å². The molecule has 0 aromatic rings. The Balaban J connectivity index is 3.25. The van der Waals surface area contributed by atoms with Crippen molar-refractivity contribution in [3.63, 3.8) is 0 Å². The Bertz CT molecular complexity index is 198. The van der Waals surface area contributed by atoms with Crippen LogP contribution in [0.1, 0.15) is 111 Å². The molecule has 0 aliphatic carbocycles. The van der Waals surface area contributed by atoms with Crippen molar-refractivity contribution in [1.29, 1.82) is 0 Å². The van der Waals surface area contributed by atoms with Gasteiger partial charge in [-0.2, -0.15) is 0 Å². The minimum Gasteiger partial charge on any atom is -0.327 e. The lowest BCUT2D eigenvalue weighted by Gasteiger charge is -2.30. The summed E-state index contributed by atoms with van der Waals surface area (Å²) < 4.78 is 0. The van der Waals surface area contributed by atoms with E-state index in [1.54, 1.807) is 0 Å². The van der Waals surface area contributed by atoms with E-state index in [0.717, 1.165) is 0 Å². The molecule has 0 amide bonds. The summed E-state index contributed by atoms with van der Waals surface area (Å²) in [6.45, 7) is 9.14. The van der Waals surface area contributed by atoms with Crippen LogP contribution in [-0.4, -0.2) is 6.04 Å². The lowest BCUT2D eigenvalue weighted by atomic mass is 9.80. The second kappa shape index (κ2) is 12.7. The first kappa shape index (κ1) is 20.0. The monoisotopic (exact) mass is 283 g/mol. The highest BCUT2D eigenvalue weighted by Gasteiger charge is 2.23. The Kier molecular flexibility index (Phi) is 12.7. The Labute approximate surface area is 129 Å². The average Bonchev–Trinajstić information content (AvgIpc) is 2.44. The van der Waals surface area contributed by atoms with Crippen LogP contribution in [0.2, 0.25) is 0 Å². The van der Waals surface area contributed by atoms with Crippen molar-refractivity contribution >= 4 is 0 Å². The Morgan fingerprint density at radius 1 is 0.700 bits per heavy atom. The number of nitrogens with two attached hydrogens (primary N) is 1. The molecule has 0 aliphatic heterocycles. The number of rotatable bonds is 14. The maximum Gasteiger partial charge on any atom is 0.00901 e.